The quantitative estimate of drug-likeness (QED) is 0.382. The first-order chi connectivity index (χ1) is 4.22. The molecule has 0 saturated heterocycles. The van der Waals surface area contributed by atoms with Crippen molar-refractivity contribution in [2.75, 3.05) is 0 Å². The minimum absolute atomic E-state index is 0.566. The maximum atomic E-state index is 4.31. The molecule has 0 saturated carbocycles. The van der Waals surface area contributed by atoms with Crippen LogP contribution < -0.4 is 0 Å². The van der Waals surface area contributed by atoms with Crippen LogP contribution >= 0.6 is 57.8 Å². The monoisotopic (exact) mass is 364 g/mol. The van der Waals surface area contributed by atoms with Gasteiger partial charge in [-0.2, -0.15) is 0 Å². The molecule has 1 aliphatic carbocycles. The topological polar surface area (TPSA) is 0 Å². The Labute approximate surface area is 87.9 Å². The molecule has 0 bridgehead atoms. The minimum atomic E-state index is 0.566. The molecule has 0 radical (unpaired) electrons. The number of hydrogen-bond donors (Lipinski definition) is 1. The van der Waals surface area contributed by atoms with Crippen molar-refractivity contribution in [1.82, 2.24) is 0 Å². The van der Waals surface area contributed by atoms with E-state index in [1.807, 2.05) is 0 Å². The lowest BCUT2D eigenvalue weighted by molar-refractivity contribution is 1.14. The summed E-state index contributed by atoms with van der Waals surface area (Å²) in [5.74, 6) is 0. The summed E-state index contributed by atoms with van der Waals surface area (Å²) in [5.41, 5.74) is 0. The summed E-state index contributed by atoms with van der Waals surface area (Å²) in [6, 6.07) is 0. The number of halogens is 2. The fourth-order valence-corrected chi connectivity index (χ4v) is 2.22. The Balaban J connectivity index is 2.73. The summed E-state index contributed by atoms with van der Waals surface area (Å²) in [6.07, 6.45) is 6.31. The zero-order valence-corrected chi connectivity index (χ0v) is 9.80. The molecule has 2 unspecified atom stereocenters. The molecule has 0 amide bonds. The summed E-state index contributed by atoms with van der Waals surface area (Å²) in [5, 5.41) is 0. The van der Waals surface area contributed by atoms with Crippen molar-refractivity contribution in [3.8, 4) is 0 Å². The number of hydrogen-bond acceptors (Lipinski definition) is 1. The molecule has 0 nitrogen and oxygen atoms in total. The molecule has 3 heteroatoms. The van der Waals surface area contributed by atoms with Crippen LogP contribution in [-0.4, -0.2) is 7.85 Å². The lowest BCUT2D eigenvalue weighted by Gasteiger charge is -2.15. The van der Waals surface area contributed by atoms with Gasteiger partial charge in [0.2, 0.25) is 0 Å². The average molecular weight is 364 g/mol. The maximum absolute atomic E-state index is 4.31. The molecule has 0 aromatic rings. The Morgan fingerprint density at radius 3 is 2.56 bits per heavy atom. The molecule has 0 N–H and O–H groups in total. The molecular formula is C6H6I2S. The average Bonchev–Trinajstić information content (AvgIpc) is 1.83. The van der Waals surface area contributed by atoms with Crippen LogP contribution in [0.4, 0.5) is 0 Å². The summed E-state index contributed by atoms with van der Waals surface area (Å²) >= 11 is 9.13. The highest BCUT2D eigenvalue weighted by molar-refractivity contribution is 14.1. The van der Waals surface area contributed by atoms with E-state index in [2.05, 4.69) is 76.0 Å². The predicted octanol–water partition coefficient (Wildman–Crippen LogP) is 2.98. The summed E-state index contributed by atoms with van der Waals surface area (Å²) < 4.78 is 1.18. The van der Waals surface area contributed by atoms with Crippen LogP contribution in [0.15, 0.2) is 23.1 Å². The van der Waals surface area contributed by atoms with Gasteiger partial charge in [-0.3, -0.25) is 0 Å². The van der Waals surface area contributed by atoms with Crippen LogP contribution in [0.3, 0.4) is 0 Å². The van der Waals surface area contributed by atoms with Crippen molar-refractivity contribution >= 4 is 57.8 Å². The fraction of sp³-hybridized carbons (Fsp3) is 0.333. The molecule has 9 heavy (non-hydrogen) atoms. The fourth-order valence-electron chi connectivity index (χ4n) is 0.613. The van der Waals surface area contributed by atoms with Gasteiger partial charge in [-0.1, -0.05) is 63.4 Å². The van der Waals surface area contributed by atoms with E-state index in [1.54, 1.807) is 0 Å². The van der Waals surface area contributed by atoms with Crippen molar-refractivity contribution in [1.29, 1.82) is 0 Å². The van der Waals surface area contributed by atoms with Crippen molar-refractivity contribution in [2.45, 2.75) is 7.85 Å². The maximum Gasteiger partial charge on any atom is 0.0569 e. The molecule has 0 aromatic heterocycles. The normalized spacial score (nSPS) is 34.3. The van der Waals surface area contributed by atoms with Crippen LogP contribution in [0.2, 0.25) is 0 Å². The Morgan fingerprint density at radius 1 is 1.44 bits per heavy atom. The molecule has 0 spiro atoms. The lowest BCUT2D eigenvalue weighted by atomic mass is 10.2. The third-order valence-electron chi connectivity index (χ3n) is 1.12. The van der Waals surface area contributed by atoms with Crippen LogP contribution in [0.5, 0.6) is 0 Å². The summed E-state index contributed by atoms with van der Waals surface area (Å²) in [4.78, 5) is 1.18. The van der Waals surface area contributed by atoms with Gasteiger partial charge in [0.15, 0.2) is 0 Å². The molecule has 0 fully saturated rings. The molecular weight excluding hydrogens is 358 g/mol. The first kappa shape index (κ1) is 8.39. The van der Waals surface area contributed by atoms with E-state index in [0.717, 1.165) is 0 Å². The Kier molecular flexibility index (Phi) is 3.37. The highest BCUT2D eigenvalue weighted by atomic mass is 127. The smallest absolute Gasteiger partial charge is 0.0569 e. The zero-order chi connectivity index (χ0) is 6.85. The van der Waals surface area contributed by atoms with Gasteiger partial charge in [-0.05, 0) is 4.91 Å². The molecule has 50 valence electrons. The molecule has 2 atom stereocenters. The number of thiol groups is 1. The number of alkyl halides is 2. The standard InChI is InChI=1S/C6H6I2S/c7-4-2-1-3-5(9)6(4)8/h1-4,6,9H. The van der Waals surface area contributed by atoms with Gasteiger partial charge in [-0.15, -0.1) is 12.6 Å². The minimum Gasteiger partial charge on any atom is -0.147 e. The summed E-state index contributed by atoms with van der Waals surface area (Å²) in [7, 11) is 0. The summed E-state index contributed by atoms with van der Waals surface area (Å²) in [6.45, 7) is 0. The Bertz CT molecular complexity index is 162. The van der Waals surface area contributed by atoms with Gasteiger partial charge in [0.05, 0.1) is 3.92 Å². The third-order valence-corrected chi connectivity index (χ3v) is 6.00. The van der Waals surface area contributed by atoms with Crippen LogP contribution in [0, 0.1) is 0 Å². The second-order valence-electron chi connectivity index (χ2n) is 1.82. The van der Waals surface area contributed by atoms with Gasteiger partial charge in [0, 0.05) is 3.92 Å². The van der Waals surface area contributed by atoms with Gasteiger partial charge >= 0.3 is 0 Å². The van der Waals surface area contributed by atoms with Crippen LogP contribution in [-0.2, 0) is 0 Å². The van der Waals surface area contributed by atoms with E-state index in [-0.39, 0.29) is 0 Å². The molecule has 0 aromatic carbocycles. The largest absolute Gasteiger partial charge is 0.147 e. The first-order valence-electron chi connectivity index (χ1n) is 2.57. The van der Waals surface area contributed by atoms with Crippen molar-refractivity contribution < 1.29 is 0 Å². The first-order valence-corrected chi connectivity index (χ1v) is 5.51. The second kappa shape index (κ2) is 3.61. The van der Waals surface area contributed by atoms with E-state index < -0.39 is 0 Å². The van der Waals surface area contributed by atoms with Crippen LogP contribution in [0.25, 0.3) is 0 Å². The highest BCUT2D eigenvalue weighted by Gasteiger charge is 2.16. The third kappa shape index (κ3) is 2.11. The van der Waals surface area contributed by atoms with E-state index >= 15 is 0 Å². The van der Waals surface area contributed by atoms with Gasteiger partial charge in [0.25, 0.3) is 0 Å². The van der Waals surface area contributed by atoms with Crippen molar-refractivity contribution in [3.05, 3.63) is 23.1 Å². The molecule has 1 rings (SSSR count). The van der Waals surface area contributed by atoms with Gasteiger partial charge < -0.3 is 0 Å². The second-order valence-corrected chi connectivity index (χ2v) is 5.12. The molecule has 1 aliphatic rings. The molecule has 0 heterocycles. The SMILES string of the molecule is SC1=CC=CC(I)C1I. The van der Waals surface area contributed by atoms with E-state index in [1.165, 1.54) is 4.91 Å². The van der Waals surface area contributed by atoms with Crippen molar-refractivity contribution in [2.24, 2.45) is 0 Å². The highest BCUT2D eigenvalue weighted by Crippen LogP contribution is 2.29. The molecule has 0 aliphatic heterocycles. The van der Waals surface area contributed by atoms with E-state index in [4.69, 9.17) is 0 Å². The van der Waals surface area contributed by atoms with Gasteiger partial charge in [-0.25, -0.2) is 0 Å². The zero-order valence-electron chi connectivity index (χ0n) is 4.59. The van der Waals surface area contributed by atoms with Crippen LogP contribution in [0.1, 0.15) is 0 Å². The van der Waals surface area contributed by atoms with E-state index in [0.29, 0.717) is 7.85 Å². The van der Waals surface area contributed by atoms with E-state index in [9.17, 15) is 0 Å². The predicted molar refractivity (Wildman–Crippen MR) is 61.8 cm³/mol. The Morgan fingerprint density at radius 2 is 2.11 bits per heavy atom. The Hall–Kier alpha value is 1.29. The number of rotatable bonds is 0. The lowest BCUT2D eigenvalue weighted by Crippen LogP contribution is -2.13. The van der Waals surface area contributed by atoms with Gasteiger partial charge in [0.1, 0.15) is 0 Å². The number of allylic oxidation sites excluding steroid dienone is 4. The van der Waals surface area contributed by atoms with Crippen molar-refractivity contribution in [3.63, 3.8) is 0 Å².